The summed E-state index contributed by atoms with van der Waals surface area (Å²) in [5.74, 6) is 6.42. The Morgan fingerprint density at radius 2 is 1.62 bits per heavy atom. The minimum Gasteiger partial charge on any atom is -0.391 e. The summed E-state index contributed by atoms with van der Waals surface area (Å²) < 4.78 is 0. The van der Waals surface area contributed by atoms with Crippen LogP contribution in [0.4, 0.5) is 5.69 Å². The summed E-state index contributed by atoms with van der Waals surface area (Å²) >= 11 is 0. The maximum Gasteiger partial charge on any atom is 0.251 e. The Kier molecular flexibility index (Phi) is 8.72. The Morgan fingerprint density at radius 1 is 0.973 bits per heavy atom. The standard InChI is InChI=1S/C29H33N3O5/c1-18(34)28(26(35)17-33)32-29(37)22-9-4-19(5-10-22)2-3-20-7-12-24(13-8-20)31-27(36)16-30-25-15-21-6-11-23(25)14-21/h4-5,7-10,12-13,18,21,23,25,28,30,33-34H,6,11,14-17H2,1H3,(H,31,36)(H,32,37)/t18-,21+,23-,25-,28+/m1/s1. The van der Waals surface area contributed by atoms with E-state index in [-0.39, 0.29) is 5.91 Å². The zero-order valence-corrected chi connectivity index (χ0v) is 20.9. The molecule has 5 N–H and O–H groups in total. The third-order valence-corrected chi connectivity index (χ3v) is 7.20. The Labute approximate surface area is 216 Å². The second-order valence-electron chi connectivity index (χ2n) is 9.93. The van der Waals surface area contributed by atoms with Crippen molar-refractivity contribution in [1.29, 1.82) is 0 Å². The molecule has 0 heterocycles. The van der Waals surface area contributed by atoms with Crippen LogP contribution in [0.1, 0.15) is 54.1 Å². The number of Topliss-reactive ketones (excluding diaryl/α,β-unsaturated/α-hetero) is 1. The van der Waals surface area contributed by atoms with Crippen molar-refractivity contribution < 1.29 is 24.6 Å². The van der Waals surface area contributed by atoms with E-state index in [1.165, 1.54) is 32.6 Å². The van der Waals surface area contributed by atoms with E-state index in [4.69, 9.17) is 5.11 Å². The van der Waals surface area contributed by atoms with Gasteiger partial charge in [-0.2, -0.15) is 0 Å². The summed E-state index contributed by atoms with van der Waals surface area (Å²) in [4.78, 5) is 36.4. The molecule has 2 amide bonds. The number of amides is 2. The third kappa shape index (κ3) is 7.04. The summed E-state index contributed by atoms with van der Waals surface area (Å²) in [6, 6.07) is 13.1. The molecule has 8 heteroatoms. The molecule has 0 unspecified atom stereocenters. The number of carbonyl (C=O) groups is 3. The van der Waals surface area contributed by atoms with Gasteiger partial charge in [-0.25, -0.2) is 0 Å². The fourth-order valence-electron chi connectivity index (χ4n) is 5.20. The van der Waals surface area contributed by atoms with Crippen molar-refractivity contribution in [2.75, 3.05) is 18.5 Å². The molecule has 2 aliphatic rings. The molecule has 2 bridgehead atoms. The van der Waals surface area contributed by atoms with Gasteiger partial charge in [-0.05, 0) is 86.6 Å². The van der Waals surface area contributed by atoms with E-state index >= 15 is 0 Å². The number of aliphatic hydroxyl groups excluding tert-OH is 2. The fraction of sp³-hybridized carbons (Fsp3) is 0.414. The number of hydrogen-bond acceptors (Lipinski definition) is 6. The molecular formula is C29H33N3O5. The first-order valence-corrected chi connectivity index (χ1v) is 12.7. The average Bonchev–Trinajstić information content (AvgIpc) is 3.53. The highest BCUT2D eigenvalue weighted by molar-refractivity contribution is 5.98. The summed E-state index contributed by atoms with van der Waals surface area (Å²) in [7, 11) is 0. The lowest BCUT2D eigenvalue weighted by Gasteiger charge is -2.22. The van der Waals surface area contributed by atoms with Crippen LogP contribution < -0.4 is 16.0 Å². The van der Waals surface area contributed by atoms with E-state index in [0.717, 1.165) is 23.1 Å². The number of fused-ring (bicyclic) bond motifs is 2. The van der Waals surface area contributed by atoms with Crippen molar-refractivity contribution in [1.82, 2.24) is 10.6 Å². The summed E-state index contributed by atoms with van der Waals surface area (Å²) in [6.07, 6.45) is 3.99. The summed E-state index contributed by atoms with van der Waals surface area (Å²) in [5.41, 5.74) is 2.49. The van der Waals surface area contributed by atoms with Crippen LogP contribution in [0.2, 0.25) is 0 Å². The quantitative estimate of drug-likeness (QED) is 0.332. The maximum atomic E-state index is 12.4. The first-order valence-electron chi connectivity index (χ1n) is 12.7. The van der Waals surface area contributed by atoms with Crippen LogP contribution in [-0.4, -0.2) is 59.1 Å². The molecule has 0 radical (unpaired) electrons. The van der Waals surface area contributed by atoms with Crippen molar-refractivity contribution in [3.63, 3.8) is 0 Å². The maximum absolute atomic E-state index is 12.4. The van der Waals surface area contributed by atoms with E-state index in [2.05, 4.69) is 27.8 Å². The fourth-order valence-corrected chi connectivity index (χ4v) is 5.20. The molecule has 2 aromatic carbocycles. The Hall–Kier alpha value is -3.51. The van der Waals surface area contributed by atoms with Gasteiger partial charge in [-0.1, -0.05) is 18.3 Å². The minimum absolute atomic E-state index is 0.0498. The van der Waals surface area contributed by atoms with Gasteiger partial charge in [-0.15, -0.1) is 0 Å². The smallest absolute Gasteiger partial charge is 0.251 e. The number of nitrogens with one attached hydrogen (secondary N) is 3. The topological polar surface area (TPSA) is 128 Å². The molecule has 2 fully saturated rings. The summed E-state index contributed by atoms with van der Waals surface area (Å²) in [5, 5.41) is 27.5. The highest BCUT2D eigenvalue weighted by Gasteiger charge is 2.39. The van der Waals surface area contributed by atoms with Crippen LogP contribution >= 0.6 is 0 Å². The van der Waals surface area contributed by atoms with Crippen LogP contribution in [0.15, 0.2) is 48.5 Å². The predicted octanol–water partition coefficient (Wildman–Crippen LogP) is 1.84. The lowest BCUT2D eigenvalue weighted by Crippen LogP contribution is -2.48. The molecule has 8 nitrogen and oxygen atoms in total. The van der Waals surface area contributed by atoms with Crippen LogP contribution in [-0.2, 0) is 9.59 Å². The van der Waals surface area contributed by atoms with Crippen LogP contribution in [0.25, 0.3) is 0 Å². The zero-order chi connectivity index (χ0) is 26.4. The van der Waals surface area contributed by atoms with E-state index in [9.17, 15) is 19.5 Å². The number of ketones is 1. The molecule has 0 saturated heterocycles. The second-order valence-corrected chi connectivity index (χ2v) is 9.93. The Bertz CT molecular complexity index is 1180. The number of aliphatic hydroxyl groups is 2. The minimum atomic E-state index is -1.18. The van der Waals surface area contributed by atoms with Gasteiger partial charge < -0.3 is 26.2 Å². The van der Waals surface area contributed by atoms with Gasteiger partial charge in [-0.3, -0.25) is 14.4 Å². The molecule has 2 aromatic rings. The number of carbonyl (C=O) groups excluding carboxylic acids is 3. The molecule has 0 aromatic heterocycles. The molecule has 0 aliphatic heterocycles. The predicted molar refractivity (Wildman–Crippen MR) is 140 cm³/mol. The highest BCUT2D eigenvalue weighted by Crippen LogP contribution is 2.44. The highest BCUT2D eigenvalue weighted by atomic mass is 16.3. The zero-order valence-electron chi connectivity index (χ0n) is 20.9. The van der Waals surface area contributed by atoms with E-state index in [0.29, 0.717) is 23.7 Å². The number of benzene rings is 2. The van der Waals surface area contributed by atoms with Gasteiger partial charge in [0, 0.05) is 28.4 Å². The SMILES string of the molecule is C[C@@H](O)[C@H](NC(=O)c1ccc(C#Cc2ccc(NC(=O)CN[C@@H]3C[C@H]4CC[C@@H]3C4)cc2)cc1)C(=O)CO. The monoisotopic (exact) mass is 503 g/mol. The van der Waals surface area contributed by atoms with E-state index < -0.39 is 30.4 Å². The van der Waals surface area contributed by atoms with Crippen molar-refractivity contribution in [2.45, 2.75) is 50.8 Å². The Balaban J connectivity index is 1.26. The van der Waals surface area contributed by atoms with Crippen molar-refractivity contribution >= 4 is 23.3 Å². The largest absolute Gasteiger partial charge is 0.391 e. The molecule has 2 saturated carbocycles. The average molecular weight is 504 g/mol. The first kappa shape index (κ1) is 26.6. The van der Waals surface area contributed by atoms with Crippen LogP contribution in [0, 0.1) is 23.7 Å². The van der Waals surface area contributed by atoms with Crippen molar-refractivity contribution in [3.8, 4) is 11.8 Å². The second kappa shape index (κ2) is 12.2. The molecule has 4 rings (SSSR count). The lowest BCUT2D eigenvalue weighted by atomic mass is 9.95. The van der Waals surface area contributed by atoms with Crippen molar-refractivity contribution in [3.05, 3.63) is 65.2 Å². The summed E-state index contributed by atoms with van der Waals surface area (Å²) in [6.45, 7) is 0.922. The van der Waals surface area contributed by atoms with E-state index in [1.807, 2.05) is 24.3 Å². The van der Waals surface area contributed by atoms with Gasteiger partial charge in [0.1, 0.15) is 12.6 Å². The van der Waals surface area contributed by atoms with Gasteiger partial charge in [0.05, 0.1) is 12.6 Å². The molecular weight excluding hydrogens is 470 g/mol. The van der Waals surface area contributed by atoms with Crippen LogP contribution in [0.5, 0.6) is 0 Å². The number of anilines is 1. The third-order valence-electron chi connectivity index (χ3n) is 7.20. The molecule has 194 valence electrons. The molecule has 37 heavy (non-hydrogen) atoms. The first-order chi connectivity index (χ1) is 17.8. The van der Waals surface area contributed by atoms with E-state index in [1.54, 1.807) is 24.3 Å². The number of rotatable bonds is 9. The molecule has 0 spiro atoms. The van der Waals surface area contributed by atoms with Gasteiger partial charge in [0.15, 0.2) is 5.78 Å². The molecule has 2 aliphatic carbocycles. The van der Waals surface area contributed by atoms with Crippen LogP contribution in [0.3, 0.4) is 0 Å². The normalized spacial score (nSPS) is 21.4. The van der Waals surface area contributed by atoms with Gasteiger partial charge in [0.2, 0.25) is 5.91 Å². The molecule has 5 atom stereocenters. The lowest BCUT2D eigenvalue weighted by molar-refractivity contribution is -0.125. The van der Waals surface area contributed by atoms with Gasteiger partial charge in [0.25, 0.3) is 5.91 Å². The Morgan fingerprint density at radius 3 is 2.16 bits per heavy atom. The van der Waals surface area contributed by atoms with Crippen molar-refractivity contribution in [2.24, 2.45) is 11.8 Å². The van der Waals surface area contributed by atoms with Gasteiger partial charge >= 0.3 is 0 Å². The number of hydrogen-bond donors (Lipinski definition) is 5.